The van der Waals surface area contributed by atoms with Crippen LogP contribution in [-0.2, 0) is 11.3 Å². The zero-order valence-corrected chi connectivity index (χ0v) is 16.0. The van der Waals surface area contributed by atoms with E-state index in [4.69, 9.17) is 27.9 Å². The van der Waals surface area contributed by atoms with Gasteiger partial charge in [-0.15, -0.1) is 0 Å². The Bertz CT molecular complexity index is 850. The first-order valence-corrected chi connectivity index (χ1v) is 8.70. The number of hydrogen-bond acceptors (Lipinski definition) is 2. The highest BCUT2D eigenvalue weighted by molar-refractivity contribution is 9.10. The van der Waals surface area contributed by atoms with Crippen molar-refractivity contribution in [1.29, 1.82) is 0 Å². The fourth-order valence-corrected chi connectivity index (χ4v) is 3.78. The molecule has 0 spiro atoms. The van der Waals surface area contributed by atoms with Crippen molar-refractivity contribution in [3.63, 3.8) is 0 Å². The number of aliphatic imine (C=N–C) groups is 1. The third-order valence-electron chi connectivity index (χ3n) is 3.51. The lowest BCUT2D eigenvalue weighted by Gasteiger charge is -2.17. The minimum Gasteiger partial charge on any atom is -0.442 e. The number of aryl methyl sites for hydroxylation is 1. The van der Waals surface area contributed by atoms with Crippen molar-refractivity contribution in [2.75, 3.05) is 0 Å². The molecule has 1 aromatic heterocycles. The second-order valence-corrected chi connectivity index (χ2v) is 8.03. The number of rotatable bonds is 0. The van der Waals surface area contributed by atoms with Crippen molar-refractivity contribution in [2.24, 2.45) is 4.99 Å². The van der Waals surface area contributed by atoms with Gasteiger partial charge in [-0.05, 0) is 32.9 Å². The van der Waals surface area contributed by atoms with E-state index in [1.54, 1.807) is 6.07 Å². The fraction of sp³-hybridized carbons (Fsp3) is 0.375. The highest BCUT2D eigenvalue weighted by Gasteiger charge is 2.26. The number of ether oxygens (including phenoxy) is 1. The monoisotopic (exact) mass is 416 g/mol. The van der Waals surface area contributed by atoms with E-state index in [1.165, 1.54) is 0 Å². The molecule has 0 unspecified atom stereocenters. The first-order chi connectivity index (χ1) is 10.7. The van der Waals surface area contributed by atoms with Gasteiger partial charge in [0.1, 0.15) is 5.60 Å². The summed E-state index contributed by atoms with van der Waals surface area (Å²) in [5.41, 5.74) is 1.87. The van der Waals surface area contributed by atoms with Crippen molar-refractivity contribution in [3.05, 3.63) is 32.3 Å². The summed E-state index contributed by atoms with van der Waals surface area (Å²) in [6, 6.07) is 3.74. The Balaban J connectivity index is 2.07. The average Bonchev–Trinajstić information content (AvgIpc) is 2.94. The zero-order valence-electron chi connectivity index (χ0n) is 12.9. The lowest BCUT2D eigenvalue weighted by atomic mass is 10.2. The molecule has 122 valence electrons. The van der Waals surface area contributed by atoms with Gasteiger partial charge in [-0.3, -0.25) is 0 Å². The van der Waals surface area contributed by atoms with Gasteiger partial charge in [0.2, 0.25) is 0 Å². The van der Waals surface area contributed by atoms with Crippen LogP contribution in [0.3, 0.4) is 0 Å². The van der Waals surface area contributed by atoms with E-state index in [0.29, 0.717) is 28.7 Å². The molecule has 0 fully saturated rings. The number of aromatic nitrogens is 1. The SMILES string of the molecule is CC(C)(C)OC(=O)N=C1CCn2c1cc1c(Br)cc(Cl)c(Cl)c12. The summed E-state index contributed by atoms with van der Waals surface area (Å²) in [4.78, 5) is 16.1. The van der Waals surface area contributed by atoms with E-state index in [2.05, 4.69) is 20.9 Å². The van der Waals surface area contributed by atoms with Gasteiger partial charge in [-0.25, -0.2) is 4.79 Å². The molecule has 7 heteroatoms. The molecular weight excluding hydrogens is 403 g/mol. The van der Waals surface area contributed by atoms with Crippen molar-refractivity contribution >= 4 is 61.8 Å². The van der Waals surface area contributed by atoms with E-state index < -0.39 is 11.7 Å². The van der Waals surface area contributed by atoms with Gasteiger partial charge >= 0.3 is 6.09 Å². The molecule has 1 aromatic carbocycles. The molecule has 0 N–H and O–H groups in total. The molecule has 1 aliphatic heterocycles. The number of carbonyl (C=O) groups excluding carboxylic acids is 1. The summed E-state index contributed by atoms with van der Waals surface area (Å²) in [7, 11) is 0. The highest BCUT2D eigenvalue weighted by Crippen LogP contribution is 2.40. The third-order valence-corrected chi connectivity index (χ3v) is 4.95. The van der Waals surface area contributed by atoms with Gasteiger partial charge in [-0.1, -0.05) is 39.1 Å². The standard InChI is InChI=1S/C16H15BrCl2N2O2/c1-16(2,3)23-15(22)20-11-4-5-21-12(11)6-8-9(17)7-10(18)13(19)14(8)21/h6-7H,4-5H2,1-3H3. The maximum Gasteiger partial charge on any atom is 0.434 e. The molecule has 0 saturated heterocycles. The van der Waals surface area contributed by atoms with E-state index in [-0.39, 0.29) is 0 Å². The Kier molecular flexibility index (Phi) is 4.23. The molecule has 4 nitrogen and oxygen atoms in total. The van der Waals surface area contributed by atoms with Crippen LogP contribution in [0.15, 0.2) is 21.6 Å². The van der Waals surface area contributed by atoms with E-state index in [1.807, 2.05) is 31.4 Å². The van der Waals surface area contributed by atoms with Crippen molar-refractivity contribution in [1.82, 2.24) is 4.57 Å². The van der Waals surface area contributed by atoms with Crippen LogP contribution in [0.25, 0.3) is 10.9 Å². The van der Waals surface area contributed by atoms with Crippen LogP contribution in [0.2, 0.25) is 10.0 Å². The van der Waals surface area contributed by atoms with Crippen molar-refractivity contribution in [3.8, 4) is 0 Å². The summed E-state index contributed by atoms with van der Waals surface area (Å²) in [5.74, 6) is 0. The summed E-state index contributed by atoms with van der Waals surface area (Å²) in [5, 5.41) is 1.95. The van der Waals surface area contributed by atoms with Crippen molar-refractivity contribution < 1.29 is 9.53 Å². The van der Waals surface area contributed by atoms with Crippen LogP contribution >= 0.6 is 39.1 Å². The van der Waals surface area contributed by atoms with Gasteiger partial charge in [0.25, 0.3) is 0 Å². The van der Waals surface area contributed by atoms with E-state index >= 15 is 0 Å². The van der Waals surface area contributed by atoms with Crippen LogP contribution < -0.4 is 0 Å². The van der Waals surface area contributed by atoms with Crippen LogP contribution in [0.5, 0.6) is 0 Å². The minimum absolute atomic E-state index is 0.490. The fourth-order valence-electron chi connectivity index (χ4n) is 2.66. The number of fused-ring (bicyclic) bond motifs is 3. The molecule has 0 bridgehead atoms. The first kappa shape index (κ1) is 16.8. The van der Waals surface area contributed by atoms with Crippen molar-refractivity contribution in [2.45, 2.75) is 39.3 Å². The largest absolute Gasteiger partial charge is 0.442 e. The average molecular weight is 418 g/mol. The summed E-state index contributed by atoms with van der Waals surface area (Å²) < 4.78 is 8.16. The number of halogens is 3. The second-order valence-electron chi connectivity index (χ2n) is 6.39. The lowest BCUT2D eigenvalue weighted by Crippen LogP contribution is -2.22. The molecule has 2 heterocycles. The number of hydrogen-bond donors (Lipinski definition) is 0. The smallest absolute Gasteiger partial charge is 0.434 e. The maximum atomic E-state index is 12.0. The van der Waals surface area contributed by atoms with Gasteiger partial charge in [-0.2, -0.15) is 4.99 Å². The van der Waals surface area contributed by atoms with Gasteiger partial charge in [0.05, 0.1) is 27.0 Å². The first-order valence-electron chi connectivity index (χ1n) is 7.15. The second kappa shape index (κ2) is 5.80. The van der Waals surface area contributed by atoms with Gasteiger partial charge in [0.15, 0.2) is 0 Å². The summed E-state index contributed by atoms with van der Waals surface area (Å²) >= 11 is 16.0. The molecule has 23 heavy (non-hydrogen) atoms. The Morgan fingerprint density at radius 3 is 2.70 bits per heavy atom. The zero-order chi connectivity index (χ0) is 16.9. The quantitative estimate of drug-likeness (QED) is 0.505. The molecule has 3 rings (SSSR count). The summed E-state index contributed by atoms with van der Waals surface area (Å²) in [6.07, 6.45) is 0.0831. The molecule has 0 saturated carbocycles. The summed E-state index contributed by atoms with van der Waals surface area (Å²) in [6.45, 7) is 6.15. The predicted octanol–water partition coefficient (Wildman–Crippen LogP) is 5.84. The number of carbonyl (C=O) groups is 1. The third kappa shape index (κ3) is 3.14. The van der Waals surface area contributed by atoms with Gasteiger partial charge in [0, 0.05) is 22.8 Å². The molecule has 0 aliphatic carbocycles. The molecule has 1 amide bonds. The van der Waals surface area contributed by atoms with E-state index in [0.717, 1.165) is 21.1 Å². The molecule has 0 radical (unpaired) electrons. The van der Waals surface area contributed by atoms with Gasteiger partial charge < -0.3 is 9.30 Å². The van der Waals surface area contributed by atoms with Crippen LogP contribution in [0.1, 0.15) is 32.9 Å². The molecule has 2 aromatic rings. The molecule has 0 atom stereocenters. The predicted molar refractivity (Wildman–Crippen MR) is 97.0 cm³/mol. The number of amides is 1. The lowest BCUT2D eigenvalue weighted by molar-refractivity contribution is 0.0604. The maximum absolute atomic E-state index is 12.0. The Morgan fingerprint density at radius 2 is 2.04 bits per heavy atom. The van der Waals surface area contributed by atoms with Crippen LogP contribution in [0, 0.1) is 0 Å². The molecular formula is C16H15BrCl2N2O2. The molecule has 1 aliphatic rings. The van der Waals surface area contributed by atoms with E-state index in [9.17, 15) is 4.79 Å². The number of benzene rings is 1. The minimum atomic E-state index is -0.575. The topological polar surface area (TPSA) is 43.6 Å². The Hall–Kier alpha value is -1.04. The number of nitrogens with zero attached hydrogens (tertiary/aromatic N) is 2. The normalized spacial score (nSPS) is 16.2. The highest BCUT2D eigenvalue weighted by atomic mass is 79.9. The Morgan fingerprint density at radius 1 is 1.35 bits per heavy atom. The Labute approximate surface area is 152 Å². The van der Waals surface area contributed by atoms with Crippen LogP contribution in [0.4, 0.5) is 4.79 Å². The van der Waals surface area contributed by atoms with Crippen LogP contribution in [-0.4, -0.2) is 22.0 Å².